The fourth-order valence-electron chi connectivity index (χ4n) is 1.14. The molecule has 1 amide bonds. The standard InChI is InChI=1S/C10H8F5NO2/c11-9(12)18-7-4-2-1-3-6(7)5-16-8(17)10(13,14)15/h1-4,9H,5H2,(H,16,17). The number of alkyl halides is 5. The fraction of sp³-hybridized carbons (Fsp3) is 0.300. The molecule has 0 heterocycles. The SMILES string of the molecule is O=C(NCc1ccccc1OC(F)F)C(F)(F)F. The first-order chi connectivity index (χ1) is 8.30. The highest BCUT2D eigenvalue weighted by Gasteiger charge is 2.38. The van der Waals surface area contributed by atoms with E-state index in [1.54, 1.807) is 5.32 Å². The lowest BCUT2D eigenvalue weighted by Crippen LogP contribution is -2.36. The highest BCUT2D eigenvalue weighted by atomic mass is 19.4. The van der Waals surface area contributed by atoms with E-state index in [1.807, 2.05) is 0 Å². The van der Waals surface area contributed by atoms with Gasteiger partial charge in [0.25, 0.3) is 0 Å². The minimum Gasteiger partial charge on any atom is -0.434 e. The average molecular weight is 269 g/mol. The van der Waals surface area contributed by atoms with E-state index in [-0.39, 0.29) is 11.3 Å². The van der Waals surface area contributed by atoms with E-state index in [9.17, 15) is 26.7 Å². The highest BCUT2D eigenvalue weighted by molar-refractivity contribution is 5.81. The Morgan fingerprint density at radius 2 is 1.89 bits per heavy atom. The summed E-state index contributed by atoms with van der Waals surface area (Å²) in [5.41, 5.74) is 0.0235. The largest absolute Gasteiger partial charge is 0.471 e. The molecule has 0 aliphatic carbocycles. The predicted octanol–water partition coefficient (Wildman–Crippen LogP) is 2.47. The Bertz CT molecular complexity index is 419. The fourth-order valence-corrected chi connectivity index (χ4v) is 1.14. The number of nitrogens with one attached hydrogen (secondary N) is 1. The first-order valence-corrected chi connectivity index (χ1v) is 4.68. The van der Waals surface area contributed by atoms with Crippen molar-refractivity contribution in [1.82, 2.24) is 5.32 Å². The van der Waals surface area contributed by atoms with Gasteiger partial charge in [-0.15, -0.1) is 0 Å². The Labute approximate surface area is 98.5 Å². The number of ether oxygens (including phenoxy) is 1. The van der Waals surface area contributed by atoms with Crippen LogP contribution in [-0.4, -0.2) is 18.7 Å². The average Bonchev–Trinajstić information content (AvgIpc) is 2.25. The van der Waals surface area contributed by atoms with Crippen molar-refractivity contribution in [3.63, 3.8) is 0 Å². The molecule has 1 N–H and O–H groups in total. The van der Waals surface area contributed by atoms with Crippen molar-refractivity contribution in [1.29, 1.82) is 0 Å². The summed E-state index contributed by atoms with van der Waals surface area (Å²) in [6.45, 7) is -3.65. The van der Waals surface area contributed by atoms with Gasteiger partial charge in [-0.3, -0.25) is 4.79 Å². The quantitative estimate of drug-likeness (QED) is 0.853. The zero-order valence-electron chi connectivity index (χ0n) is 8.80. The van der Waals surface area contributed by atoms with Crippen LogP contribution in [0.25, 0.3) is 0 Å². The van der Waals surface area contributed by atoms with Crippen LogP contribution in [0.15, 0.2) is 24.3 Å². The number of rotatable bonds is 4. The number of carbonyl (C=O) groups excluding carboxylic acids is 1. The zero-order chi connectivity index (χ0) is 13.8. The molecule has 0 radical (unpaired) electrons. The molecule has 0 aliphatic rings. The molecule has 0 aliphatic heterocycles. The molecule has 8 heteroatoms. The van der Waals surface area contributed by atoms with E-state index in [0.29, 0.717) is 0 Å². The predicted molar refractivity (Wildman–Crippen MR) is 51.0 cm³/mol. The number of para-hydroxylation sites is 1. The summed E-state index contributed by atoms with van der Waals surface area (Å²) in [5, 5.41) is 1.56. The monoisotopic (exact) mass is 269 g/mol. The van der Waals surface area contributed by atoms with Gasteiger partial charge in [-0.25, -0.2) is 0 Å². The van der Waals surface area contributed by atoms with Crippen LogP contribution in [0.2, 0.25) is 0 Å². The molecule has 0 atom stereocenters. The summed E-state index contributed by atoms with van der Waals surface area (Å²) in [6, 6.07) is 5.25. The summed E-state index contributed by atoms with van der Waals surface area (Å²) >= 11 is 0. The second-order valence-corrected chi connectivity index (χ2v) is 3.17. The second-order valence-electron chi connectivity index (χ2n) is 3.17. The molecular weight excluding hydrogens is 261 g/mol. The maximum absolute atomic E-state index is 12.0. The zero-order valence-corrected chi connectivity index (χ0v) is 8.80. The minimum atomic E-state index is -5.02. The molecular formula is C10H8F5NO2. The van der Waals surface area contributed by atoms with Crippen LogP contribution < -0.4 is 10.1 Å². The number of benzene rings is 1. The molecule has 0 saturated carbocycles. The summed E-state index contributed by atoms with van der Waals surface area (Å²) in [6.07, 6.45) is -5.02. The van der Waals surface area contributed by atoms with Crippen LogP contribution in [0, 0.1) is 0 Å². The number of hydrogen-bond donors (Lipinski definition) is 1. The van der Waals surface area contributed by atoms with Crippen molar-refractivity contribution in [3.8, 4) is 5.75 Å². The maximum Gasteiger partial charge on any atom is 0.471 e. The third-order valence-corrected chi connectivity index (χ3v) is 1.89. The molecule has 3 nitrogen and oxygen atoms in total. The second kappa shape index (κ2) is 5.65. The van der Waals surface area contributed by atoms with Crippen molar-refractivity contribution in [2.45, 2.75) is 19.3 Å². The van der Waals surface area contributed by atoms with Gasteiger partial charge in [0.1, 0.15) is 5.75 Å². The molecule has 1 aromatic carbocycles. The van der Waals surface area contributed by atoms with Gasteiger partial charge in [-0.2, -0.15) is 22.0 Å². The van der Waals surface area contributed by atoms with Crippen LogP contribution in [0.3, 0.4) is 0 Å². The van der Waals surface area contributed by atoms with E-state index in [1.165, 1.54) is 24.3 Å². The molecule has 0 bridgehead atoms. The lowest BCUT2D eigenvalue weighted by Gasteiger charge is -2.12. The Kier molecular flexibility index (Phi) is 4.46. The summed E-state index contributed by atoms with van der Waals surface area (Å²) in [5.74, 6) is -2.43. The van der Waals surface area contributed by atoms with Gasteiger partial charge in [0.15, 0.2) is 0 Å². The van der Waals surface area contributed by atoms with Gasteiger partial charge in [0.2, 0.25) is 0 Å². The van der Waals surface area contributed by atoms with Crippen LogP contribution in [0.1, 0.15) is 5.56 Å². The third-order valence-electron chi connectivity index (χ3n) is 1.89. The molecule has 18 heavy (non-hydrogen) atoms. The molecule has 1 aromatic rings. The molecule has 100 valence electrons. The van der Waals surface area contributed by atoms with E-state index < -0.39 is 25.2 Å². The van der Waals surface area contributed by atoms with Crippen molar-refractivity contribution in [2.75, 3.05) is 0 Å². The molecule has 0 saturated heterocycles. The minimum absolute atomic E-state index is 0.0235. The van der Waals surface area contributed by atoms with Gasteiger partial charge >= 0.3 is 18.7 Å². The van der Waals surface area contributed by atoms with Crippen LogP contribution in [-0.2, 0) is 11.3 Å². The van der Waals surface area contributed by atoms with Crippen molar-refractivity contribution in [3.05, 3.63) is 29.8 Å². The molecule has 0 unspecified atom stereocenters. The number of amides is 1. The summed E-state index contributed by atoms with van der Waals surface area (Å²) < 4.78 is 63.8. The van der Waals surface area contributed by atoms with E-state index in [4.69, 9.17) is 0 Å². The first-order valence-electron chi connectivity index (χ1n) is 4.68. The third kappa shape index (κ3) is 4.19. The first kappa shape index (κ1) is 14.2. The Morgan fingerprint density at radius 3 is 2.44 bits per heavy atom. The van der Waals surface area contributed by atoms with Crippen molar-refractivity contribution < 1.29 is 31.5 Å². The summed E-state index contributed by atoms with van der Waals surface area (Å²) in [4.78, 5) is 10.5. The van der Waals surface area contributed by atoms with E-state index in [0.717, 1.165) is 0 Å². The van der Waals surface area contributed by atoms with Gasteiger partial charge in [0, 0.05) is 12.1 Å². The van der Waals surface area contributed by atoms with Crippen LogP contribution in [0.4, 0.5) is 22.0 Å². The molecule has 1 rings (SSSR count). The van der Waals surface area contributed by atoms with Crippen molar-refractivity contribution >= 4 is 5.91 Å². The Morgan fingerprint density at radius 1 is 1.28 bits per heavy atom. The van der Waals surface area contributed by atoms with Crippen LogP contribution >= 0.6 is 0 Å². The van der Waals surface area contributed by atoms with Gasteiger partial charge in [-0.05, 0) is 6.07 Å². The van der Waals surface area contributed by atoms with Crippen molar-refractivity contribution in [2.24, 2.45) is 0 Å². The maximum atomic E-state index is 12.0. The molecule has 0 aromatic heterocycles. The van der Waals surface area contributed by atoms with E-state index in [2.05, 4.69) is 4.74 Å². The lowest BCUT2D eigenvalue weighted by atomic mass is 10.2. The number of halogens is 5. The summed E-state index contributed by atoms with van der Waals surface area (Å²) in [7, 11) is 0. The van der Waals surface area contributed by atoms with Gasteiger partial charge in [-0.1, -0.05) is 18.2 Å². The Hall–Kier alpha value is -1.86. The smallest absolute Gasteiger partial charge is 0.434 e. The van der Waals surface area contributed by atoms with E-state index >= 15 is 0 Å². The Balaban J connectivity index is 2.70. The number of hydrogen-bond acceptors (Lipinski definition) is 2. The van der Waals surface area contributed by atoms with Crippen LogP contribution in [0.5, 0.6) is 5.75 Å². The highest BCUT2D eigenvalue weighted by Crippen LogP contribution is 2.21. The molecule has 0 spiro atoms. The van der Waals surface area contributed by atoms with Gasteiger partial charge in [0.05, 0.1) is 0 Å². The normalized spacial score (nSPS) is 11.4. The molecule has 0 fully saturated rings. The lowest BCUT2D eigenvalue weighted by molar-refractivity contribution is -0.173. The van der Waals surface area contributed by atoms with Gasteiger partial charge < -0.3 is 10.1 Å². The topological polar surface area (TPSA) is 38.3 Å². The number of carbonyl (C=O) groups is 1.